The van der Waals surface area contributed by atoms with E-state index >= 15 is 0 Å². The number of hydrogen-bond acceptors (Lipinski definition) is 6. The Balaban J connectivity index is 1.50. The average molecular weight is 361 g/mol. The van der Waals surface area contributed by atoms with E-state index in [1.54, 1.807) is 30.5 Å². The highest BCUT2D eigenvalue weighted by molar-refractivity contribution is 5.94. The van der Waals surface area contributed by atoms with Crippen LogP contribution < -0.4 is 15.6 Å². The van der Waals surface area contributed by atoms with Crippen molar-refractivity contribution in [3.8, 4) is 5.88 Å². The molecule has 1 aromatic carbocycles. The highest BCUT2D eigenvalue weighted by atomic mass is 16.5. The molecule has 0 saturated heterocycles. The summed E-state index contributed by atoms with van der Waals surface area (Å²) in [6, 6.07) is 14.4. The highest BCUT2D eigenvalue weighted by Crippen LogP contribution is 2.15. The Bertz CT molecular complexity index is 1170. The zero-order valence-corrected chi connectivity index (χ0v) is 14.2. The van der Waals surface area contributed by atoms with E-state index in [2.05, 4.69) is 25.3 Å². The lowest BCUT2D eigenvalue weighted by Gasteiger charge is -2.07. The number of nitrogens with one attached hydrogen (secondary N) is 2. The van der Waals surface area contributed by atoms with Gasteiger partial charge >= 0.3 is 0 Å². The Morgan fingerprint density at radius 1 is 1.11 bits per heavy atom. The highest BCUT2D eigenvalue weighted by Gasteiger charge is 2.12. The topological polar surface area (TPSA) is 110 Å². The largest absolute Gasteiger partial charge is 0.476 e. The number of aromatic amines is 1. The van der Waals surface area contributed by atoms with Gasteiger partial charge in [-0.1, -0.05) is 24.3 Å². The van der Waals surface area contributed by atoms with Gasteiger partial charge in [0.05, 0.1) is 17.4 Å². The number of benzene rings is 1. The minimum absolute atomic E-state index is 0.0897. The molecule has 0 unspecified atom stereocenters. The lowest BCUT2D eigenvalue weighted by molar-refractivity contribution is 0.0936. The lowest BCUT2D eigenvalue weighted by Crippen LogP contribution is -2.31. The predicted molar refractivity (Wildman–Crippen MR) is 99.7 cm³/mol. The summed E-state index contributed by atoms with van der Waals surface area (Å²) in [5.74, 6) is -0.123. The molecule has 2 N–H and O–H groups in total. The zero-order valence-electron chi connectivity index (χ0n) is 14.2. The number of ether oxygens (including phenoxy) is 1. The molecule has 0 atom stereocenters. The first kappa shape index (κ1) is 16.6. The summed E-state index contributed by atoms with van der Waals surface area (Å²) in [6.07, 6.45) is 1.62. The molecular weight excluding hydrogens is 346 g/mol. The third-order valence-corrected chi connectivity index (χ3v) is 3.89. The van der Waals surface area contributed by atoms with Gasteiger partial charge < -0.3 is 15.0 Å². The standard InChI is InChI=1S/C19H15N5O3/c25-18-13-11-12-5-1-2-6-14(12)22-16(13)23-17(24-18)19(26)21-9-10-27-15-7-3-4-8-20-15/h1-8,11H,9-10H2,(H,21,26)(H,22,23,24,25). The summed E-state index contributed by atoms with van der Waals surface area (Å²) >= 11 is 0. The molecule has 27 heavy (non-hydrogen) atoms. The molecule has 3 aromatic heterocycles. The van der Waals surface area contributed by atoms with Crippen molar-refractivity contribution in [2.75, 3.05) is 13.2 Å². The SMILES string of the molecule is O=C(NCCOc1ccccn1)c1nc2nc3ccccc3cc2c(=O)[nH]1. The van der Waals surface area contributed by atoms with Crippen molar-refractivity contribution in [2.45, 2.75) is 0 Å². The number of para-hydroxylation sites is 1. The van der Waals surface area contributed by atoms with Crippen LogP contribution >= 0.6 is 0 Å². The van der Waals surface area contributed by atoms with E-state index in [1.165, 1.54) is 0 Å². The van der Waals surface area contributed by atoms with Crippen molar-refractivity contribution >= 4 is 27.8 Å². The van der Waals surface area contributed by atoms with E-state index in [0.29, 0.717) is 16.8 Å². The minimum atomic E-state index is -0.506. The number of pyridine rings is 2. The Labute approximate surface area is 153 Å². The molecule has 4 rings (SSSR count). The van der Waals surface area contributed by atoms with Crippen LogP contribution in [0.15, 0.2) is 59.5 Å². The fourth-order valence-electron chi connectivity index (χ4n) is 2.61. The van der Waals surface area contributed by atoms with Crippen LogP contribution in [-0.4, -0.2) is 39.0 Å². The Hall–Kier alpha value is -3.81. The van der Waals surface area contributed by atoms with E-state index in [1.807, 2.05) is 24.3 Å². The van der Waals surface area contributed by atoms with Crippen LogP contribution in [0.1, 0.15) is 10.6 Å². The number of fused-ring (bicyclic) bond motifs is 2. The molecule has 134 valence electrons. The molecular formula is C19H15N5O3. The quantitative estimate of drug-likeness (QED) is 0.413. The van der Waals surface area contributed by atoms with Crippen LogP contribution in [0.25, 0.3) is 21.9 Å². The van der Waals surface area contributed by atoms with Crippen LogP contribution in [0, 0.1) is 0 Å². The normalized spacial score (nSPS) is 10.8. The molecule has 1 amide bonds. The fourth-order valence-corrected chi connectivity index (χ4v) is 2.61. The monoisotopic (exact) mass is 361 g/mol. The first-order valence-corrected chi connectivity index (χ1v) is 8.32. The maximum Gasteiger partial charge on any atom is 0.287 e. The second-order valence-electron chi connectivity index (χ2n) is 5.74. The van der Waals surface area contributed by atoms with Crippen LogP contribution in [0.2, 0.25) is 0 Å². The zero-order chi connectivity index (χ0) is 18.6. The van der Waals surface area contributed by atoms with Gasteiger partial charge in [-0.25, -0.2) is 15.0 Å². The molecule has 0 bridgehead atoms. The van der Waals surface area contributed by atoms with E-state index in [4.69, 9.17) is 4.74 Å². The van der Waals surface area contributed by atoms with Crippen molar-refractivity contribution in [2.24, 2.45) is 0 Å². The molecule has 0 spiro atoms. The van der Waals surface area contributed by atoms with E-state index in [-0.39, 0.29) is 24.6 Å². The number of carbonyl (C=O) groups is 1. The molecule has 0 aliphatic carbocycles. The van der Waals surface area contributed by atoms with Crippen LogP contribution in [0.3, 0.4) is 0 Å². The molecule has 0 saturated carbocycles. The summed E-state index contributed by atoms with van der Waals surface area (Å²) in [5, 5.41) is 3.82. The second-order valence-corrected chi connectivity index (χ2v) is 5.74. The van der Waals surface area contributed by atoms with E-state index in [0.717, 1.165) is 5.39 Å². The van der Waals surface area contributed by atoms with Crippen LogP contribution in [0.4, 0.5) is 0 Å². The predicted octanol–water partition coefficient (Wildman–Crippen LogP) is 1.68. The molecule has 8 nitrogen and oxygen atoms in total. The van der Waals surface area contributed by atoms with Crippen molar-refractivity contribution in [1.82, 2.24) is 25.3 Å². The maximum atomic E-state index is 12.3. The molecule has 0 fully saturated rings. The molecule has 8 heteroatoms. The van der Waals surface area contributed by atoms with Gasteiger partial charge in [0.2, 0.25) is 11.7 Å². The van der Waals surface area contributed by atoms with Gasteiger partial charge in [0, 0.05) is 17.6 Å². The Morgan fingerprint density at radius 3 is 2.81 bits per heavy atom. The summed E-state index contributed by atoms with van der Waals surface area (Å²) in [6.45, 7) is 0.478. The first-order valence-electron chi connectivity index (χ1n) is 8.32. The lowest BCUT2D eigenvalue weighted by atomic mass is 10.2. The molecule has 3 heterocycles. The third kappa shape index (κ3) is 3.59. The van der Waals surface area contributed by atoms with Crippen molar-refractivity contribution in [1.29, 1.82) is 0 Å². The summed E-state index contributed by atoms with van der Waals surface area (Å²) in [4.78, 5) is 39.7. The molecule has 0 radical (unpaired) electrons. The maximum absolute atomic E-state index is 12.3. The Morgan fingerprint density at radius 2 is 1.96 bits per heavy atom. The van der Waals surface area contributed by atoms with E-state index in [9.17, 15) is 9.59 Å². The van der Waals surface area contributed by atoms with Gasteiger partial charge in [-0.05, 0) is 18.2 Å². The summed E-state index contributed by atoms with van der Waals surface area (Å²) in [7, 11) is 0. The number of amides is 1. The summed E-state index contributed by atoms with van der Waals surface area (Å²) in [5.41, 5.74) is 0.527. The molecule has 0 aliphatic heterocycles. The second kappa shape index (κ2) is 7.20. The number of aromatic nitrogens is 4. The van der Waals surface area contributed by atoms with Crippen LogP contribution in [-0.2, 0) is 0 Å². The van der Waals surface area contributed by atoms with Gasteiger partial charge in [-0.2, -0.15) is 0 Å². The Kier molecular flexibility index (Phi) is 4.44. The number of nitrogens with zero attached hydrogens (tertiary/aromatic N) is 3. The van der Waals surface area contributed by atoms with Gasteiger partial charge in [0.15, 0.2) is 5.65 Å². The number of H-pyrrole nitrogens is 1. The summed E-state index contributed by atoms with van der Waals surface area (Å²) < 4.78 is 5.40. The average Bonchev–Trinajstić information content (AvgIpc) is 2.70. The number of rotatable bonds is 5. The van der Waals surface area contributed by atoms with Crippen molar-refractivity contribution < 1.29 is 9.53 Å². The third-order valence-electron chi connectivity index (χ3n) is 3.89. The van der Waals surface area contributed by atoms with E-state index < -0.39 is 11.5 Å². The smallest absolute Gasteiger partial charge is 0.287 e. The first-order chi connectivity index (χ1) is 13.2. The fraction of sp³-hybridized carbons (Fsp3) is 0.105. The van der Waals surface area contributed by atoms with Gasteiger partial charge in [0.25, 0.3) is 11.5 Å². The number of hydrogen-bond donors (Lipinski definition) is 2. The van der Waals surface area contributed by atoms with Gasteiger partial charge in [0.1, 0.15) is 6.61 Å². The van der Waals surface area contributed by atoms with Crippen LogP contribution in [0.5, 0.6) is 5.88 Å². The van der Waals surface area contributed by atoms with Crippen molar-refractivity contribution in [3.63, 3.8) is 0 Å². The minimum Gasteiger partial charge on any atom is -0.476 e. The molecule has 4 aromatic rings. The molecule has 0 aliphatic rings. The van der Waals surface area contributed by atoms with Crippen molar-refractivity contribution in [3.05, 3.63) is 70.9 Å². The van der Waals surface area contributed by atoms with Gasteiger partial charge in [-0.3, -0.25) is 9.59 Å². The van der Waals surface area contributed by atoms with Gasteiger partial charge in [-0.15, -0.1) is 0 Å². The number of carbonyl (C=O) groups excluding carboxylic acids is 1.